The van der Waals surface area contributed by atoms with Gasteiger partial charge in [0.15, 0.2) is 0 Å². The van der Waals surface area contributed by atoms with E-state index < -0.39 is 0 Å². The van der Waals surface area contributed by atoms with Crippen LogP contribution in [0.2, 0.25) is 5.02 Å². The lowest BCUT2D eigenvalue weighted by Gasteiger charge is -2.14. The van der Waals surface area contributed by atoms with Gasteiger partial charge in [-0.15, -0.1) is 11.3 Å². The molecule has 1 unspecified atom stereocenters. The molecule has 0 saturated heterocycles. The van der Waals surface area contributed by atoms with Crippen LogP contribution in [0.15, 0.2) is 35.7 Å². The van der Waals surface area contributed by atoms with Crippen LogP contribution < -0.4 is 5.32 Å². The number of hydrogen-bond donors (Lipinski definition) is 1. The van der Waals surface area contributed by atoms with E-state index in [1.807, 2.05) is 24.4 Å². The minimum atomic E-state index is -0.0732. The highest BCUT2D eigenvalue weighted by atomic mass is 127. The van der Waals surface area contributed by atoms with Gasteiger partial charge in [0.05, 0.1) is 5.56 Å². The van der Waals surface area contributed by atoms with Gasteiger partial charge in [0.25, 0.3) is 5.91 Å². The van der Waals surface area contributed by atoms with Crippen molar-refractivity contribution in [3.05, 3.63) is 54.7 Å². The molecule has 0 aliphatic carbocycles. The zero-order valence-corrected chi connectivity index (χ0v) is 14.1. The SMILES string of the molecule is CC(Cc1cccs1)NC(=O)c1cc(Cl)ccc1I. The first-order chi connectivity index (χ1) is 9.06. The monoisotopic (exact) mass is 405 g/mol. The first-order valence-electron chi connectivity index (χ1n) is 5.84. The molecule has 0 aliphatic heterocycles. The van der Waals surface area contributed by atoms with Crippen LogP contribution >= 0.6 is 45.5 Å². The number of benzene rings is 1. The Balaban J connectivity index is 2.02. The van der Waals surface area contributed by atoms with E-state index in [4.69, 9.17) is 11.6 Å². The summed E-state index contributed by atoms with van der Waals surface area (Å²) in [6.45, 7) is 2.01. The number of halogens is 2. The molecule has 1 N–H and O–H groups in total. The van der Waals surface area contributed by atoms with Crippen molar-refractivity contribution >= 4 is 51.4 Å². The Bertz CT molecular complexity index is 571. The Hall–Kier alpha value is -0.590. The number of nitrogens with one attached hydrogen (secondary N) is 1. The maximum Gasteiger partial charge on any atom is 0.252 e. The zero-order chi connectivity index (χ0) is 13.8. The number of amides is 1. The van der Waals surface area contributed by atoms with E-state index in [2.05, 4.69) is 34.0 Å². The van der Waals surface area contributed by atoms with Gasteiger partial charge in [0.1, 0.15) is 0 Å². The highest BCUT2D eigenvalue weighted by Crippen LogP contribution is 2.18. The topological polar surface area (TPSA) is 29.1 Å². The lowest BCUT2D eigenvalue weighted by atomic mass is 10.1. The summed E-state index contributed by atoms with van der Waals surface area (Å²) >= 11 is 9.78. The van der Waals surface area contributed by atoms with Gasteiger partial charge in [-0.1, -0.05) is 17.7 Å². The molecule has 100 valence electrons. The van der Waals surface area contributed by atoms with Gasteiger partial charge < -0.3 is 5.32 Å². The molecule has 19 heavy (non-hydrogen) atoms. The molecule has 0 spiro atoms. The van der Waals surface area contributed by atoms with Gasteiger partial charge in [-0.3, -0.25) is 4.79 Å². The highest BCUT2D eigenvalue weighted by molar-refractivity contribution is 14.1. The maximum atomic E-state index is 12.2. The van der Waals surface area contributed by atoms with Crippen LogP contribution in [0.3, 0.4) is 0 Å². The van der Waals surface area contributed by atoms with Crippen LogP contribution in [-0.2, 0) is 6.42 Å². The summed E-state index contributed by atoms with van der Waals surface area (Å²) in [4.78, 5) is 13.5. The van der Waals surface area contributed by atoms with Gasteiger partial charge in [-0.2, -0.15) is 0 Å². The summed E-state index contributed by atoms with van der Waals surface area (Å²) in [6, 6.07) is 9.54. The predicted molar refractivity (Wildman–Crippen MR) is 89.1 cm³/mol. The minimum absolute atomic E-state index is 0.0732. The molecule has 5 heteroatoms. The van der Waals surface area contributed by atoms with Gasteiger partial charge in [0.2, 0.25) is 0 Å². The first-order valence-corrected chi connectivity index (χ1v) is 8.18. The second-order valence-corrected chi connectivity index (χ2v) is 6.91. The van der Waals surface area contributed by atoms with E-state index in [1.165, 1.54) is 4.88 Å². The molecule has 0 radical (unpaired) electrons. The van der Waals surface area contributed by atoms with Gasteiger partial charge in [-0.25, -0.2) is 0 Å². The molecule has 1 aromatic heterocycles. The Morgan fingerprint density at radius 3 is 2.95 bits per heavy atom. The molecular weight excluding hydrogens is 393 g/mol. The number of carbonyl (C=O) groups is 1. The molecule has 0 fully saturated rings. The molecule has 1 atom stereocenters. The quantitative estimate of drug-likeness (QED) is 0.752. The Morgan fingerprint density at radius 2 is 2.26 bits per heavy atom. The standard InChI is InChI=1S/C14H13ClINOS/c1-9(7-11-3-2-6-19-11)17-14(18)12-8-10(15)4-5-13(12)16/h2-6,8-9H,7H2,1H3,(H,17,18). The lowest BCUT2D eigenvalue weighted by molar-refractivity contribution is 0.0939. The first kappa shape index (κ1) is 14.8. The van der Waals surface area contributed by atoms with Crippen molar-refractivity contribution in [3.8, 4) is 0 Å². The minimum Gasteiger partial charge on any atom is -0.349 e. The largest absolute Gasteiger partial charge is 0.349 e. The van der Waals surface area contributed by atoms with Gasteiger partial charge in [0, 0.05) is 25.9 Å². The fourth-order valence-electron chi connectivity index (χ4n) is 1.75. The Kier molecular flexibility index (Phi) is 5.24. The number of carbonyl (C=O) groups excluding carboxylic acids is 1. The van der Waals surface area contributed by atoms with Gasteiger partial charge >= 0.3 is 0 Å². The van der Waals surface area contributed by atoms with Gasteiger partial charge in [-0.05, 0) is 59.2 Å². The smallest absolute Gasteiger partial charge is 0.252 e. The van der Waals surface area contributed by atoms with Crippen LogP contribution in [-0.4, -0.2) is 11.9 Å². The molecule has 1 amide bonds. The number of hydrogen-bond acceptors (Lipinski definition) is 2. The summed E-state index contributed by atoms with van der Waals surface area (Å²) in [5.41, 5.74) is 0.631. The second-order valence-electron chi connectivity index (χ2n) is 4.28. The fraction of sp³-hybridized carbons (Fsp3) is 0.214. The predicted octanol–water partition coefficient (Wildman–Crippen LogP) is 4.37. The molecule has 1 heterocycles. The van der Waals surface area contributed by atoms with Crippen molar-refractivity contribution in [2.24, 2.45) is 0 Å². The normalized spacial score (nSPS) is 12.2. The summed E-state index contributed by atoms with van der Waals surface area (Å²) < 4.78 is 0.905. The van der Waals surface area contributed by atoms with Crippen molar-refractivity contribution in [2.75, 3.05) is 0 Å². The van der Waals surface area contributed by atoms with Crippen molar-refractivity contribution in [2.45, 2.75) is 19.4 Å². The van der Waals surface area contributed by atoms with E-state index in [0.29, 0.717) is 10.6 Å². The summed E-state index contributed by atoms with van der Waals surface area (Å²) in [6.07, 6.45) is 0.848. The molecule has 0 saturated carbocycles. The Labute approximate surface area is 135 Å². The van der Waals surface area contributed by atoms with Crippen LogP contribution in [0.5, 0.6) is 0 Å². The van der Waals surface area contributed by atoms with Crippen LogP contribution in [0.25, 0.3) is 0 Å². The number of thiophene rings is 1. The van der Waals surface area contributed by atoms with Crippen molar-refractivity contribution < 1.29 is 4.79 Å². The average molecular weight is 406 g/mol. The Morgan fingerprint density at radius 1 is 1.47 bits per heavy atom. The molecule has 0 bridgehead atoms. The highest BCUT2D eigenvalue weighted by Gasteiger charge is 2.13. The fourth-order valence-corrected chi connectivity index (χ4v) is 3.34. The summed E-state index contributed by atoms with van der Waals surface area (Å²) in [5, 5.41) is 5.63. The third-order valence-electron chi connectivity index (χ3n) is 2.64. The van der Waals surface area contributed by atoms with E-state index in [0.717, 1.165) is 9.99 Å². The molecule has 0 aliphatic rings. The molecule has 2 rings (SSSR count). The van der Waals surface area contributed by atoms with E-state index in [9.17, 15) is 4.79 Å². The second kappa shape index (κ2) is 6.72. The van der Waals surface area contributed by atoms with E-state index >= 15 is 0 Å². The van der Waals surface area contributed by atoms with Crippen molar-refractivity contribution in [1.82, 2.24) is 5.32 Å². The summed E-state index contributed by atoms with van der Waals surface area (Å²) in [5.74, 6) is -0.0732. The van der Waals surface area contributed by atoms with Crippen molar-refractivity contribution in [3.63, 3.8) is 0 Å². The molecular formula is C14H13ClINOS. The maximum absolute atomic E-state index is 12.2. The summed E-state index contributed by atoms with van der Waals surface area (Å²) in [7, 11) is 0. The van der Waals surface area contributed by atoms with Crippen LogP contribution in [0.1, 0.15) is 22.2 Å². The molecule has 1 aromatic carbocycles. The zero-order valence-electron chi connectivity index (χ0n) is 10.3. The van der Waals surface area contributed by atoms with E-state index in [-0.39, 0.29) is 11.9 Å². The third-order valence-corrected chi connectivity index (χ3v) is 4.71. The lowest BCUT2D eigenvalue weighted by Crippen LogP contribution is -2.34. The number of rotatable bonds is 4. The molecule has 2 nitrogen and oxygen atoms in total. The third kappa shape index (κ3) is 4.19. The molecule has 2 aromatic rings. The average Bonchev–Trinajstić information content (AvgIpc) is 2.84. The van der Waals surface area contributed by atoms with Crippen LogP contribution in [0.4, 0.5) is 0 Å². The van der Waals surface area contributed by atoms with E-state index in [1.54, 1.807) is 23.5 Å². The van der Waals surface area contributed by atoms with Crippen molar-refractivity contribution in [1.29, 1.82) is 0 Å². The van der Waals surface area contributed by atoms with Crippen LogP contribution in [0, 0.1) is 3.57 Å².